The molecule has 6 heteroatoms. The van der Waals surface area contributed by atoms with Crippen molar-refractivity contribution in [3.8, 4) is 0 Å². The molecule has 1 fully saturated rings. The third kappa shape index (κ3) is 3.91. The van der Waals surface area contributed by atoms with Gasteiger partial charge in [0.15, 0.2) is 11.5 Å². The van der Waals surface area contributed by atoms with Crippen molar-refractivity contribution < 1.29 is 9.21 Å². The summed E-state index contributed by atoms with van der Waals surface area (Å²) in [5, 5.41) is 3.57. The van der Waals surface area contributed by atoms with E-state index in [9.17, 15) is 4.79 Å². The molecule has 3 unspecified atom stereocenters. The number of hydrogen-bond acceptors (Lipinski definition) is 5. The largest absolute Gasteiger partial charge is 0.441 e. The van der Waals surface area contributed by atoms with Gasteiger partial charge >= 0.3 is 0 Å². The quantitative estimate of drug-likeness (QED) is 0.767. The van der Waals surface area contributed by atoms with E-state index in [1.54, 1.807) is 11.0 Å². The Morgan fingerprint density at radius 3 is 2.62 bits per heavy atom. The van der Waals surface area contributed by atoms with Crippen LogP contribution in [-0.4, -0.2) is 45.9 Å². The summed E-state index contributed by atoms with van der Waals surface area (Å²) in [4.78, 5) is 22.0. The molecule has 1 amide bonds. The molecule has 4 heterocycles. The Balaban J connectivity index is 1.47. The zero-order valence-corrected chi connectivity index (χ0v) is 19.1. The van der Waals surface area contributed by atoms with Gasteiger partial charge in [-0.3, -0.25) is 9.69 Å². The van der Waals surface area contributed by atoms with Gasteiger partial charge in [0, 0.05) is 50.1 Å². The van der Waals surface area contributed by atoms with Gasteiger partial charge < -0.3 is 14.6 Å². The van der Waals surface area contributed by atoms with Crippen LogP contribution in [0.1, 0.15) is 38.6 Å². The van der Waals surface area contributed by atoms with Crippen LogP contribution in [0.2, 0.25) is 0 Å². The van der Waals surface area contributed by atoms with E-state index in [1.807, 2.05) is 31.3 Å². The van der Waals surface area contributed by atoms with Crippen molar-refractivity contribution in [2.45, 2.75) is 46.2 Å². The lowest BCUT2D eigenvalue weighted by Gasteiger charge is -2.39. The summed E-state index contributed by atoms with van der Waals surface area (Å²) in [6, 6.07) is 6.82. The van der Waals surface area contributed by atoms with E-state index in [2.05, 4.69) is 54.2 Å². The number of allylic oxidation sites excluding steroid dienone is 4. The van der Waals surface area contributed by atoms with E-state index in [1.165, 1.54) is 0 Å². The highest BCUT2D eigenvalue weighted by molar-refractivity contribution is 5.98. The maximum absolute atomic E-state index is 13.4. The van der Waals surface area contributed by atoms with Gasteiger partial charge in [-0.15, -0.1) is 0 Å². The maximum Gasteiger partial charge on any atom is 0.255 e. The first-order valence-electron chi connectivity index (χ1n) is 11.4. The normalized spacial score (nSPS) is 26.3. The number of fused-ring (bicyclic) bond motifs is 2. The van der Waals surface area contributed by atoms with Crippen LogP contribution >= 0.6 is 0 Å². The van der Waals surface area contributed by atoms with Crippen molar-refractivity contribution in [3.05, 3.63) is 71.6 Å². The predicted molar refractivity (Wildman–Crippen MR) is 126 cm³/mol. The molecular weight excluding hydrogens is 400 g/mol. The molecule has 0 bridgehead atoms. The summed E-state index contributed by atoms with van der Waals surface area (Å²) in [6.07, 6.45) is 11.0. The van der Waals surface area contributed by atoms with Gasteiger partial charge in [-0.2, -0.15) is 0 Å². The average Bonchev–Trinajstić information content (AvgIpc) is 3.13. The highest BCUT2D eigenvalue weighted by atomic mass is 16.3. The minimum atomic E-state index is -0.0234. The lowest BCUT2D eigenvalue weighted by molar-refractivity contribution is -0.122. The molecule has 1 saturated heterocycles. The molecule has 3 atom stereocenters. The number of benzene rings is 1. The molecule has 0 saturated carbocycles. The minimum Gasteiger partial charge on any atom is -0.441 e. The zero-order valence-electron chi connectivity index (χ0n) is 19.1. The first kappa shape index (κ1) is 20.8. The van der Waals surface area contributed by atoms with Crippen LogP contribution < -0.4 is 5.32 Å². The number of oxazole rings is 1. The molecule has 2 aromatic rings. The molecule has 5 rings (SSSR count). The Morgan fingerprint density at radius 2 is 1.84 bits per heavy atom. The number of hydrogen-bond donors (Lipinski definition) is 1. The van der Waals surface area contributed by atoms with E-state index in [-0.39, 0.29) is 11.8 Å². The summed E-state index contributed by atoms with van der Waals surface area (Å²) in [6.45, 7) is 10.3. The van der Waals surface area contributed by atoms with Gasteiger partial charge in [-0.25, -0.2) is 4.98 Å². The molecular formula is C26H30N4O2. The number of rotatable bonds is 2. The van der Waals surface area contributed by atoms with Gasteiger partial charge in [0.25, 0.3) is 5.91 Å². The zero-order chi connectivity index (χ0) is 22.4. The average molecular weight is 431 g/mol. The van der Waals surface area contributed by atoms with Crippen molar-refractivity contribution in [2.75, 3.05) is 13.1 Å². The molecule has 3 aliphatic heterocycles. The summed E-state index contributed by atoms with van der Waals surface area (Å²) in [7, 11) is 0. The second kappa shape index (κ2) is 8.10. The Kier molecular flexibility index (Phi) is 5.25. The third-order valence-electron chi connectivity index (χ3n) is 6.44. The molecule has 32 heavy (non-hydrogen) atoms. The number of nitrogens with one attached hydrogen (secondary N) is 1. The van der Waals surface area contributed by atoms with Crippen LogP contribution in [0, 0.1) is 12.8 Å². The molecule has 166 valence electrons. The predicted octanol–water partition coefficient (Wildman–Crippen LogP) is 4.37. The van der Waals surface area contributed by atoms with Crippen molar-refractivity contribution in [1.29, 1.82) is 0 Å². The van der Waals surface area contributed by atoms with E-state index in [4.69, 9.17) is 4.42 Å². The Labute approximate surface area is 189 Å². The van der Waals surface area contributed by atoms with Gasteiger partial charge in [-0.1, -0.05) is 19.1 Å². The smallest absolute Gasteiger partial charge is 0.255 e. The second-order valence-corrected chi connectivity index (χ2v) is 9.25. The van der Waals surface area contributed by atoms with Crippen LogP contribution in [-0.2, 0) is 4.79 Å². The molecule has 1 N–H and O–H groups in total. The van der Waals surface area contributed by atoms with Gasteiger partial charge in [0.1, 0.15) is 5.52 Å². The Hall–Kier alpha value is -3.12. The number of nitrogens with zero attached hydrogens (tertiary/aromatic N) is 3. The molecule has 1 aromatic heterocycles. The van der Waals surface area contributed by atoms with Crippen molar-refractivity contribution >= 4 is 22.6 Å². The topological polar surface area (TPSA) is 61.6 Å². The van der Waals surface area contributed by atoms with Crippen LogP contribution in [0.25, 0.3) is 16.7 Å². The second-order valence-electron chi connectivity index (χ2n) is 9.25. The van der Waals surface area contributed by atoms with Gasteiger partial charge in [-0.05, 0) is 61.6 Å². The molecule has 0 spiro atoms. The first-order chi connectivity index (χ1) is 15.4. The number of aryl methyl sites for hydroxylation is 1. The lowest BCUT2D eigenvalue weighted by atomic mass is 9.89. The number of amides is 1. The first-order valence-corrected chi connectivity index (χ1v) is 11.4. The van der Waals surface area contributed by atoms with Gasteiger partial charge in [0.2, 0.25) is 0 Å². The fraction of sp³-hybridized carbons (Fsp3) is 0.385. The molecule has 0 radical (unpaired) electrons. The van der Waals surface area contributed by atoms with Crippen molar-refractivity contribution in [3.63, 3.8) is 0 Å². The lowest BCUT2D eigenvalue weighted by Crippen LogP contribution is -2.53. The van der Waals surface area contributed by atoms with Crippen LogP contribution in [0.4, 0.5) is 0 Å². The van der Waals surface area contributed by atoms with E-state index >= 15 is 0 Å². The molecule has 3 aliphatic rings. The highest BCUT2D eigenvalue weighted by Crippen LogP contribution is 2.33. The van der Waals surface area contributed by atoms with Crippen molar-refractivity contribution in [2.24, 2.45) is 5.92 Å². The highest BCUT2D eigenvalue weighted by Gasteiger charge is 2.27. The summed E-state index contributed by atoms with van der Waals surface area (Å²) in [5.74, 6) is 0.836. The number of carbonyl (C=O) groups is 1. The molecule has 1 aromatic carbocycles. The van der Waals surface area contributed by atoms with Crippen LogP contribution in [0.5, 0.6) is 0 Å². The molecule has 0 aliphatic carbocycles. The van der Waals surface area contributed by atoms with E-state index in [0.29, 0.717) is 18.0 Å². The van der Waals surface area contributed by atoms with E-state index < -0.39 is 0 Å². The number of aromatic nitrogens is 1. The third-order valence-corrected chi connectivity index (χ3v) is 6.44. The van der Waals surface area contributed by atoms with Crippen LogP contribution in [0.15, 0.2) is 64.5 Å². The summed E-state index contributed by atoms with van der Waals surface area (Å²) < 4.78 is 5.73. The monoisotopic (exact) mass is 430 g/mol. The summed E-state index contributed by atoms with van der Waals surface area (Å²) >= 11 is 0. The number of piperazine rings is 1. The fourth-order valence-corrected chi connectivity index (χ4v) is 4.94. The minimum absolute atomic E-state index is 0.0234. The van der Waals surface area contributed by atoms with Gasteiger partial charge in [0.05, 0.1) is 5.70 Å². The fourth-order valence-electron chi connectivity index (χ4n) is 4.94. The van der Waals surface area contributed by atoms with Crippen molar-refractivity contribution in [1.82, 2.24) is 20.1 Å². The molecule has 6 nitrogen and oxygen atoms in total. The Bertz CT molecular complexity index is 1180. The van der Waals surface area contributed by atoms with Crippen LogP contribution in [0.3, 0.4) is 0 Å². The standard InChI is InChI=1S/C26H30N4O2/c1-16-5-7-21-8-9-22(29-13-17(2)27-18(3)14-29)15-30(21)26(31)12-23(16)20-6-10-24-25(11-20)32-19(4)28-24/h6-12,15-18,27H,5,13-14H2,1-4H3. The van der Waals surface area contributed by atoms with E-state index in [0.717, 1.165) is 53.1 Å². The Morgan fingerprint density at radius 1 is 1.09 bits per heavy atom. The summed E-state index contributed by atoms with van der Waals surface area (Å²) in [5.41, 5.74) is 5.65. The maximum atomic E-state index is 13.4. The SMILES string of the molecule is Cc1nc2ccc(C3=CC(=O)N4C=C(N5CC(C)NC(C)C5)C=CC4=CCC3C)cc2o1. The number of carbonyl (C=O) groups excluding carboxylic acids is 1.